The summed E-state index contributed by atoms with van der Waals surface area (Å²) in [5, 5.41) is 2.46. The van der Waals surface area contributed by atoms with E-state index in [4.69, 9.17) is 14.2 Å². The highest BCUT2D eigenvalue weighted by Crippen LogP contribution is 2.22. The third-order valence-electron chi connectivity index (χ3n) is 4.25. The van der Waals surface area contributed by atoms with Gasteiger partial charge in [-0.05, 0) is 49.4 Å². The number of sulfonamides is 1. The van der Waals surface area contributed by atoms with Gasteiger partial charge in [0, 0.05) is 31.0 Å². The molecular weight excluding hydrogens is 462 g/mol. The second-order valence-corrected chi connectivity index (χ2v) is 8.40. The van der Waals surface area contributed by atoms with Gasteiger partial charge in [-0.3, -0.25) is 4.79 Å². The summed E-state index contributed by atoms with van der Waals surface area (Å²) in [5.41, 5.74) is -0.0558. The Morgan fingerprint density at radius 1 is 0.971 bits per heavy atom. The van der Waals surface area contributed by atoms with Gasteiger partial charge in [-0.15, -0.1) is 0 Å². The van der Waals surface area contributed by atoms with E-state index < -0.39 is 22.0 Å². The molecule has 0 radical (unpaired) electrons. The van der Waals surface area contributed by atoms with Gasteiger partial charge in [0.05, 0.1) is 11.5 Å². The van der Waals surface area contributed by atoms with Crippen molar-refractivity contribution in [2.75, 3.05) is 19.8 Å². The van der Waals surface area contributed by atoms with Crippen molar-refractivity contribution in [1.29, 1.82) is 0 Å². The molecule has 0 atom stereocenters. The number of carbonyl (C=O) groups excluding carboxylic acids is 2. The van der Waals surface area contributed by atoms with Crippen molar-refractivity contribution in [3.8, 4) is 17.4 Å². The molecule has 34 heavy (non-hydrogen) atoms. The molecule has 0 aliphatic heterocycles. The van der Waals surface area contributed by atoms with Crippen LogP contribution in [0.4, 0.5) is 4.79 Å². The molecule has 0 unspecified atom stereocenters. The normalized spacial score (nSPS) is 10.9. The first-order valence-electron chi connectivity index (χ1n) is 10.3. The van der Waals surface area contributed by atoms with Gasteiger partial charge in [-0.2, -0.15) is 0 Å². The molecule has 3 rings (SSSR count). The number of hydrogen-bond donors (Lipinski definition) is 2. The highest BCUT2D eigenvalue weighted by molar-refractivity contribution is 7.90. The largest absolute Gasteiger partial charge is 0.457 e. The van der Waals surface area contributed by atoms with Gasteiger partial charge >= 0.3 is 6.09 Å². The number of hydrogen-bond acceptors (Lipinski definition) is 8. The van der Waals surface area contributed by atoms with Crippen LogP contribution in [0.25, 0.3) is 0 Å². The Labute approximate surface area is 196 Å². The maximum Gasteiger partial charge on any atom is 0.414 e. The predicted octanol–water partition coefficient (Wildman–Crippen LogP) is 3.12. The fraction of sp³-hybridized carbons (Fsp3) is 0.174. The lowest BCUT2D eigenvalue weighted by Gasteiger charge is -2.10. The topological polar surface area (TPSA) is 133 Å². The molecule has 2 aromatic carbocycles. The van der Waals surface area contributed by atoms with Crippen LogP contribution in [0.3, 0.4) is 0 Å². The quantitative estimate of drug-likeness (QED) is 0.419. The summed E-state index contributed by atoms with van der Waals surface area (Å²) in [6.45, 7) is 2.90. The van der Waals surface area contributed by atoms with E-state index in [0.29, 0.717) is 24.7 Å². The summed E-state index contributed by atoms with van der Waals surface area (Å²) < 4.78 is 43.0. The van der Waals surface area contributed by atoms with Crippen LogP contribution < -0.4 is 19.5 Å². The van der Waals surface area contributed by atoms with Gasteiger partial charge in [0.25, 0.3) is 15.9 Å². The van der Waals surface area contributed by atoms with Crippen LogP contribution in [-0.4, -0.2) is 45.2 Å². The molecule has 11 heteroatoms. The second kappa shape index (κ2) is 11.8. The van der Waals surface area contributed by atoms with Crippen molar-refractivity contribution in [1.82, 2.24) is 15.0 Å². The Kier molecular flexibility index (Phi) is 8.54. The first kappa shape index (κ1) is 24.7. The summed E-state index contributed by atoms with van der Waals surface area (Å²) in [5.74, 6) is -0.0352. The number of rotatable bonds is 10. The van der Waals surface area contributed by atoms with Crippen molar-refractivity contribution >= 4 is 22.0 Å². The lowest BCUT2D eigenvalue weighted by atomic mass is 10.2. The minimum absolute atomic E-state index is 0.0558. The average molecular weight is 486 g/mol. The van der Waals surface area contributed by atoms with Crippen LogP contribution >= 0.6 is 0 Å². The first-order valence-corrected chi connectivity index (χ1v) is 11.8. The second-order valence-electron chi connectivity index (χ2n) is 6.72. The Balaban J connectivity index is 1.61. The van der Waals surface area contributed by atoms with Crippen LogP contribution in [-0.2, 0) is 14.8 Å². The highest BCUT2D eigenvalue weighted by atomic mass is 32.2. The maximum absolute atomic E-state index is 12.6. The Bertz CT molecular complexity index is 1220. The Morgan fingerprint density at radius 2 is 1.68 bits per heavy atom. The zero-order chi connectivity index (χ0) is 24.4. The summed E-state index contributed by atoms with van der Waals surface area (Å²) in [7, 11) is -4.16. The zero-order valence-corrected chi connectivity index (χ0v) is 19.1. The molecular formula is C23H23N3O7S. The number of carbonyl (C=O) groups is 2. The standard InChI is InChI=1S/C23H23N3O7S/c1-2-31-15-14-25-23(28)33-21-16-17(12-13-24-21)22(27)26-34(29,30)20-10-8-19(9-11-20)32-18-6-4-3-5-7-18/h3-13,16H,2,14-15H2,1H3,(H,25,28)(H,26,27). The molecule has 0 bridgehead atoms. The van der Waals surface area contributed by atoms with Gasteiger partial charge in [0.1, 0.15) is 11.5 Å². The van der Waals surface area contributed by atoms with E-state index in [-0.39, 0.29) is 22.9 Å². The van der Waals surface area contributed by atoms with Gasteiger partial charge < -0.3 is 19.5 Å². The smallest absolute Gasteiger partial charge is 0.414 e. The fourth-order valence-corrected chi connectivity index (χ4v) is 3.63. The summed E-state index contributed by atoms with van der Waals surface area (Å²) in [6.07, 6.45) is 0.440. The molecule has 0 fully saturated rings. The lowest BCUT2D eigenvalue weighted by molar-refractivity contribution is 0.0980. The van der Waals surface area contributed by atoms with Crippen LogP contribution in [0.1, 0.15) is 17.3 Å². The Hall–Kier alpha value is -3.96. The van der Waals surface area contributed by atoms with E-state index in [0.717, 1.165) is 6.07 Å². The summed E-state index contributed by atoms with van der Waals surface area (Å²) in [4.78, 5) is 28.0. The van der Waals surface area contributed by atoms with E-state index >= 15 is 0 Å². The van der Waals surface area contributed by atoms with Crippen LogP contribution in [0.2, 0.25) is 0 Å². The van der Waals surface area contributed by atoms with E-state index in [1.807, 2.05) is 29.8 Å². The first-order chi connectivity index (χ1) is 16.4. The number of nitrogens with zero attached hydrogens (tertiary/aromatic N) is 1. The number of benzene rings is 2. The fourth-order valence-electron chi connectivity index (χ4n) is 2.66. The van der Waals surface area contributed by atoms with Crippen molar-refractivity contribution < 1.29 is 32.2 Å². The highest BCUT2D eigenvalue weighted by Gasteiger charge is 2.20. The van der Waals surface area contributed by atoms with Crippen LogP contribution in [0, 0.1) is 0 Å². The van der Waals surface area contributed by atoms with E-state index in [1.54, 1.807) is 12.1 Å². The molecule has 1 aromatic heterocycles. The Morgan fingerprint density at radius 3 is 2.38 bits per heavy atom. The van der Waals surface area contributed by atoms with Gasteiger partial charge in [-0.1, -0.05) is 18.2 Å². The molecule has 2 N–H and O–H groups in total. The van der Waals surface area contributed by atoms with E-state index in [9.17, 15) is 18.0 Å². The number of nitrogens with one attached hydrogen (secondary N) is 2. The molecule has 10 nitrogen and oxygen atoms in total. The molecule has 0 spiro atoms. The predicted molar refractivity (Wildman–Crippen MR) is 122 cm³/mol. The molecule has 178 valence electrons. The SMILES string of the molecule is CCOCCNC(=O)Oc1cc(C(=O)NS(=O)(=O)c2ccc(Oc3ccccc3)cc2)ccn1. The van der Waals surface area contributed by atoms with Crippen LogP contribution in [0.5, 0.6) is 17.4 Å². The molecule has 2 amide bonds. The number of ether oxygens (including phenoxy) is 3. The van der Waals surface area contributed by atoms with E-state index in [1.165, 1.54) is 36.5 Å². The minimum atomic E-state index is -4.16. The molecule has 0 saturated carbocycles. The van der Waals surface area contributed by atoms with Crippen molar-refractivity contribution in [2.24, 2.45) is 0 Å². The molecule has 0 aliphatic rings. The molecule has 0 saturated heterocycles. The zero-order valence-electron chi connectivity index (χ0n) is 18.3. The van der Waals surface area contributed by atoms with E-state index in [2.05, 4.69) is 10.3 Å². The number of pyridine rings is 1. The maximum atomic E-state index is 12.6. The third kappa shape index (κ3) is 7.29. The molecule has 3 aromatic rings. The summed E-state index contributed by atoms with van der Waals surface area (Å²) in [6, 6.07) is 17.1. The number of aromatic nitrogens is 1. The molecule has 0 aliphatic carbocycles. The monoisotopic (exact) mass is 485 g/mol. The third-order valence-corrected chi connectivity index (χ3v) is 5.60. The van der Waals surface area contributed by atoms with Gasteiger partial charge in [-0.25, -0.2) is 22.9 Å². The van der Waals surface area contributed by atoms with Crippen molar-refractivity contribution in [2.45, 2.75) is 11.8 Å². The van der Waals surface area contributed by atoms with Gasteiger partial charge in [0.15, 0.2) is 0 Å². The van der Waals surface area contributed by atoms with Crippen LogP contribution in [0.15, 0.2) is 77.8 Å². The lowest BCUT2D eigenvalue weighted by Crippen LogP contribution is -2.31. The summed E-state index contributed by atoms with van der Waals surface area (Å²) >= 11 is 0. The van der Waals surface area contributed by atoms with Gasteiger partial charge in [0.2, 0.25) is 5.88 Å². The minimum Gasteiger partial charge on any atom is -0.457 e. The average Bonchev–Trinajstić information content (AvgIpc) is 2.83. The number of amides is 2. The van der Waals surface area contributed by atoms with Crippen molar-refractivity contribution in [3.63, 3.8) is 0 Å². The number of para-hydroxylation sites is 1. The molecule has 1 heterocycles. The van der Waals surface area contributed by atoms with Crippen molar-refractivity contribution in [3.05, 3.63) is 78.5 Å².